The van der Waals surface area contributed by atoms with E-state index < -0.39 is 0 Å². The van der Waals surface area contributed by atoms with Crippen LogP contribution >= 0.6 is 0 Å². The number of ether oxygens (including phenoxy) is 1. The van der Waals surface area contributed by atoms with Crippen LogP contribution < -0.4 is 5.73 Å². The molecule has 70 valence electrons. The van der Waals surface area contributed by atoms with Crippen molar-refractivity contribution in [3.05, 3.63) is 0 Å². The van der Waals surface area contributed by atoms with Crippen LogP contribution in [0.5, 0.6) is 0 Å². The van der Waals surface area contributed by atoms with Crippen LogP contribution in [0.2, 0.25) is 0 Å². The average molecular weight is 169 g/mol. The van der Waals surface area contributed by atoms with Crippen molar-refractivity contribution in [2.45, 2.75) is 50.7 Å². The zero-order valence-electron chi connectivity index (χ0n) is 7.88. The van der Waals surface area contributed by atoms with Gasteiger partial charge in [0.1, 0.15) is 0 Å². The molecular formula is C10H19NO. The molecule has 0 aromatic heterocycles. The Balaban J connectivity index is 1.96. The number of nitrogens with two attached hydrogens (primary N) is 1. The first kappa shape index (κ1) is 8.52. The highest BCUT2D eigenvalue weighted by atomic mass is 16.5. The normalized spacial score (nSPS) is 39.5. The molecule has 0 spiro atoms. The molecule has 0 amide bonds. The highest BCUT2D eigenvalue weighted by molar-refractivity contribution is 4.98. The van der Waals surface area contributed by atoms with Crippen molar-refractivity contribution in [3.63, 3.8) is 0 Å². The van der Waals surface area contributed by atoms with Gasteiger partial charge in [-0.15, -0.1) is 0 Å². The predicted molar refractivity (Wildman–Crippen MR) is 48.9 cm³/mol. The van der Waals surface area contributed by atoms with Gasteiger partial charge in [0, 0.05) is 12.6 Å². The monoisotopic (exact) mass is 169 g/mol. The molecule has 0 bridgehead atoms. The number of hydrogen-bond acceptors (Lipinski definition) is 2. The Bertz CT molecular complexity index is 159. The molecule has 1 heterocycles. The lowest BCUT2D eigenvalue weighted by molar-refractivity contribution is -0.0850. The molecule has 0 radical (unpaired) electrons. The lowest BCUT2D eigenvalue weighted by atomic mass is 9.86. The fraction of sp³-hybridized carbons (Fsp3) is 1.00. The molecule has 2 atom stereocenters. The van der Waals surface area contributed by atoms with Crippen molar-refractivity contribution in [3.8, 4) is 0 Å². The second-order valence-electron chi connectivity index (χ2n) is 4.48. The third-order valence-corrected chi connectivity index (χ3v) is 3.33. The first-order valence-corrected chi connectivity index (χ1v) is 5.12. The van der Waals surface area contributed by atoms with Gasteiger partial charge in [-0.3, -0.25) is 0 Å². The number of rotatable bonds is 2. The van der Waals surface area contributed by atoms with E-state index in [1.54, 1.807) is 0 Å². The SMILES string of the molecule is CC1(C(N)C2CC2)CCCCO1. The zero-order chi connectivity index (χ0) is 8.60. The van der Waals surface area contributed by atoms with Gasteiger partial charge in [0.25, 0.3) is 0 Å². The van der Waals surface area contributed by atoms with Crippen LogP contribution in [0.3, 0.4) is 0 Å². The quantitative estimate of drug-likeness (QED) is 0.682. The number of hydrogen-bond donors (Lipinski definition) is 1. The van der Waals surface area contributed by atoms with E-state index in [4.69, 9.17) is 10.5 Å². The van der Waals surface area contributed by atoms with E-state index in [1.807, 2.05) is 0 Å². The summed E-state index contributed by atoms with van der Waals surface area (Å²) in [5.74, 6) is 0.757. The van der Waals surface area contributed by atoms with E-state index in [9.17, 15) is 0 Å². The van der Waals surface area contributed by atoms with E-state index >= 15 is 0 Å². The third kappa shape index (κ3) is 1.50. The van der Waals surface area contributed by atoms with Crippen LogP contribution in [-0.4, -0.2) is 18.2 Å². The Kier molecular flexibility index (Phi) is 2.13. The Labute approximate surface area is 74.5 Å². The van der Waals surface area contributed by atoms with Crippen LogP contribution in [0, 0.1) is 5.92 Å². The lowest BCUT2D eigenvalue weighted by Gasteiger charge is -2.39. The standard InChI is InChI=1S/C10H19NO/c1-10(6-2-3-7-12-10)9(11)8-4-5-8/h8-9H,2-7,11H2,1H3. The van der Waals surface area contributed by atoms with E-state index in [1.165, 1.54) is 25.7 Å². The van der Waals surface area contributed by atoms with Crippen molar-refractivity contribution in [1.82, 2.24) is 0 Å². The largest absolute Gasteiger partial charge is 0.374 e. The molecule has 2 nitrogen and oxygen atoms in total. The summed E-state index contributed by atoms with van der Waals surface area (Å²) < 4.78 is 5.80. The summed E-state index contributed by atoms with van der Waals surface area (Å²) in [5, 5.41) is 0. The van der Waals surface area contributed by atoms with Crippen molar-refractivity contribution >= 4 is 0 Å². The summed E-state index contributed by atoms with van der Waals surface area (Å²) in [6.07, 6.45) is 6.30. The molecule has 12 heavy (non-hydrogen) atoms. The molecule has 1 saturated carbocycles. The molecule has 2 aliphatic rings. The Morgan fingerprint density at radius 2 is 2.17 bits per heavy atom. The molecule has 2 N–H and O–H groups in total. The van der Waals surface area contributed by atoms with Gasteiger partial charge < -0.3 is 10.5 Å². The van der Waals surface area contributed by atoms with Gasteiger partial charge in [-0.25, -0.2) is 0 Å². The van der Waals surface area contributed by atoms with Crippen LogP contribution in [0.25, 0.3) is 0 Å². The minimum Gasteiger partial charge on any atom is -0.374 e. The van der Waals surface area contributed by atoms with Gasteiger partial charge in [-0.2, -0.15) is 0 Å². The van der Waals surface area contributed by atoms with E-state index in [0.29, 0.717) is 0 Å². The van der Waals surface area contributed by atoms with Crippen LogP contribution in [0.4, 0.5) is 0 Å². The second-order valence-corrected chi connectivity index (χ2v) is 4.48. The van der Waals surface area contributed by atoms with Crippen LogP contribution in [-0.2, 0) is 4.74 Å². The summed E-state index contributed by atoms with van der Waals surface area (Å²) in [5.41, 5.74) is 6.16. The second kappa shape index (κ2) is 3.00. The van der Waals surface area contributed by atoms with E-state index in [-0.39, 0.29) is 11.6 Å². The van der Waals surface area contributed by atoms with Crippen LogP contribution in [0.15, 0.2) is 0 Å². The molecule has 2 rings (SSSR count). The van der Waals surface area contributed by atoms with Crippen molar-refractivity contribution in [2.24, 2.45) is 11.7 Å². The van der Waals surface area contributed by atoms with Gasteiger partial charge in [-0.1, -0.05) is 0 Å². The van der Waals surface area contributed by atoms with Gasteiger partial charge in [0.15, 0.2) is 0 Å². The third-order valence-electron chi connectivity index (χ3n) is 3.33. The molecule has 0 aromatic rings. The van der Waals surface area contributed by atoms with Gasteiger partial charge in [-0.05, 0) is 44.9 Å². The minimum atomic E-state index is -0.000579. The Morgan fingerprint density at radius 3 is 2.67 bits per heavy atom. The van der Waals surface area contributed by atoms with E-state index in [0.717, 1.165) is 18.9 Å². The Hall–Kier alpha value is -0.0800. The molecule has 2 unspecified atom stereocenters. The summed E-state index contributed by atoms with van der Waals surface area (Å²) in [6, 6.07) is 0.290. The highest BCUT2D eigenvalue weighted by Crippen LogP contribution is 2.40. The average Bonchev–Trinajstić information content (AvgIpc) is 2.87. The molecular weight excluding hydrogens is 150 g/mol. The molecule has 2 heteroatoms. The lowest BCUT2D eigenvalue weighted by Crippen LogP contribution is -2.50. The summed E-state index contributed by atoms with van der Waals surface area (Å²) in [4.78, 5) is 0. The first-order valence-electron chi connectivity index (χ1n) is 5.12. The maximum absolute atomic E-state index is 6.16. The predicted octanol–water partition coefficient (Wildman–Crippen LogP) is 1.68. The summed E-state index contributed by atoms with van der Waals surface area (Å²) in [7, 11) is 0. The van der Waals surface area contributed by atoms with Gasteiger partial charge >= 0.3 is 0 Å². The maximum atomic E-state index is 6.16. The molecule has 2 fully saturated rings. The van der Waals surface area contributed by atoms with Crippen LogP contribution in [0.1, 0.15) is 39.0 Å². The van der Waals surface area contributed by atoms with E-state index in [2.05, 4.69) is 6.92 Å². The van der Waals surface area contributed by atoms with Crippen molar-refractivity contribution in [1.29, 1.82) is 0 Å². The minimum absolute atomic E-state index is 0.000579. The molecule has 1 aliphatic carbocycles. The fourth-order valence-corrected chi connectivity index (χ4v) is 2.17. The molecule has 1 saturated heterocycles. The van der Waals surface area contributed by atoms with Gasteiger partial charge in [0.05, 0.1) is 5.60 Å². The smallest absolute Gasteiger partial charge is 0.0807 e. The molecule has 0 aromatic carbocycles. The summed E-state index contributed by atoms with van der Waals surface area (Å²) in [6.45, 7) is 3.10. The zero-order valence-corrected chi connectivity index (χ0v) is 7.88. The Morgan fingerprint density at radius 1 is 1.42 bits per heavy atom. The summed E-state index contributed by atoms with van der Waals surface area (Å²) >= 11 is 0. The fourth-order valence-electron chi connectivity index (χ4n) is 2.17. The first-order chi connectivity index (χ1) is 5.72. The molecule has 1 aliphatic heterocycles. The van der Waals surface area contributed by atoms with Gasteiger partial charge in [0.2, 0.25) is 0 Å². The topological polar surface area (TPSA) is 35.2 Å². The van der Waals surface area contributed by atoms with Crippen molar-refractivity contribution < 1.29 is 4.74 Å². The maximum Gasteiger partial charge on any atom is 0.0807 e. The van der Waals surface area contributed by atoms with Crippen molar-refractivity contribution in [2.75, 3.05) is 6.61 Å². The highest BCUT2D eigenvalue weighted by Gasteiger charge is 2.42.